The summed E-state index contributed by atoms with van der Waals surface area (Å²) in [6.07, 6.45) is 4.26. The quantitative estimate of drug-likeness (QED) is 0.487. The molecule has 1 aromatic carbocycles. The van der Waals surface area contributed by atoms with Gasteiger partial charge in [-0.1, -0.05) is 23.9 Å². The Morgan fingerprint density at radius 1 is 1.21 bits per heavy atom. The highest BCUT2D eigenvalue weighted by Crippen LogP contribution is 2.34. The van der Waals surface area contributed by atoms with Crippen LogP contribution in [0.2, 0.25) is 0 Å². The van der Waals surface area contributed by atoms with E-state index in [1.54, 1.807) is 33.4 Å². The van der Waals surface area contributed by atoms with Crippen molar-refractivity contribution in [2.45, 2.75) is 29.4 Å². The second-order valence-electron chi connectivity index (χ2n) is 6.72. The van der Waals surface area contributed by atoms with Gasteiger partial charge in [-0.2, -0.15) is 0 Å². The molecule has 0 radical (unpaired) electrons. The van der Waals surface area contributed by atoms with Gasteiger partial charge in [-0.3, -0.25) is 4.79 Å². The van der Waals surface area contributed by atoms with E-state index >= 15 is 0 Å². The number of aliphatic carboxylic acids is 1. The third-order valence-electron chi connectivity index (χ3n) is 4.13. The molecule has 0 aliphatic carbocycles. The van der Waals surface area contributed by atoms with Crippen molar-refractivity contribution < 1.29 is 14.6 Å². The standard InChI is InChI=1S/C20H22N4O3S2/c1-20(2,17(25)26)29-19-24-15(12-28-19)8-9-21-18-22-10-14(11-23-18)13-4-6-16(27-3)7-5-13/h4-7,10-12H,8-9H2,1-3H3,(H,25,26)(H,21,22,23). The molecule has 9 heteroatoms. The number of ether oxygens (including phenoxy) is 1. The second-order valence-corrected chi connectivity index (χ2v) is 9.45. The van der Waals surface area contributed by atoms with Crippen molar-refractivity contribution in [1.29, 1.82) is 0 Å². The lowest BCUT2D eigenvalue weighted by atomic mass is 10.1. The number of hydrogen-bond donors (Lipinski definition) is 2. The van der Waals surface area contributed by atoms with Gasteiger partial charge in [0.15, 0.2) is 4.34 Å². The van der Waals surface area contributed by atoms with Gasteiger partial charge in [0.2, 0.25) is 5.95 Å². The highest BCUT2D eigenvalue weighted by Gasteiger charge is 2.29. The van der Waals surface area contributed by atoms with Gasteiger partial charge in [-0.25, -0.2) is 15.0 Å². The van der Waals surface area contributed by atoms with Crippen molar-refractivity contribution in [3.05, 3.63) is 47.7 Å². The first kappa shape index (κ1) is 21.1. The number of benzene rings is 1. The maximum absolute atomic E-state index is 11.2. The minimum Gasteiger partial charge on any atom is -0.497 e. The van der Waals surface area contributed by atoms with Crippen molar-refractivity contribution in [3.8, 4) is 16.9 Å². The largest absolute Gasteiger partial charge is 0.497 e. The zero-order valence-electron chi connectivity index (χ0n) is 16.4. The van der Waals surface area contributed by atoms with Gasteiger partial charge in [-0.05, 0) is 31.5 Å². The molecule has 0 saturated carbocycles. The first-order valence-electron chi connectivity index (χ1n) is 8.94. The SMILES string of the molecule is COc1ccc(-c2cnc(NCCc3csc(SC(C)(C)C(=O)O)n3)nc2)cc1. The normalized spacial score (nSPS) is 11.3. The summed E-state index contributed by atoms with van der Waals surface area (Å²) in [5, 5.41) is 14.4. The lowest BCUT2D eigenvalue weighted by Crippen LogP contribution is -2.26. The van der Waals surface area contributed by atoms with E-state index in [-0.39, 0.29) is 0 Å². The van der Waals surface area contributed by atoms with Crippen molar-refractivity contribution in [1.82, 2.24) is 15.0 Å². The molecule has 152 valence electrons. The molecule has 2 N–H and O–H groups in total. The molecule has 2 heterocycles. The Morgan fingerprint density at radius 3 is 2.52 bits per heavy atom. The van der Waals surface area contributed by atoms with E-state index in [0.29, 0.717) is 18.9 Å². The molecule has 0 saturated heterocycles. The molecule has 0 atom stereocenters. The molecule has 0 fully saturated rings. The third kappa shape index (κ3) is 5.68. The van der Waals surface area contributed by atoms with E-state index in [9.17, 15) is 9.90 Å². The average molecular weight is 431 g/mol. The number of rotatable bonds is 9. The van der Waals surface area contributed by atoms with E-state index < -0.39 is 10.7 Å². The number of anilines is 1. The predicted molar refractivity (Wildman–Crippen MR) is 116 cm³/mol. The number of carboxylic acid groups (broad SMARTS) is 1. The number of carboxylic acids is 1. The smallest absolute Gasteiger partial charge is 0.319 e. The summed E-state index contributed by atoms with van der Waals surface area (Å²) in [7, 11) is 1.64. The summed E-state index contributed by atoms with van der Waals surface area (Å²) < 4.78 is 5.03. The summed E-state index contributed by atoms with van der Waals surface area (Å²) in [5.41, 5.74) is 2.87. The molecule has 0 unspecified atom stereocenters. The molecule has 3 rings (SSSR count). The lowest BCUT2D eigenvalue weighted by Gasteiger charge is -2.15. The van der Waals surface area contributed by atoms with Gasteiger partial charge in [0.25, 0.3) is 0 Å². The fraction of sp³-hybridized carbons (Fsp3) is 0.300. The molecule has 0 aliphatic rings. The van der Waals surface area contributed by atoms with Crippen molar-refractivity contribution in [2.24, 2.45) is 0 Å². The average Bonchev–Trinajstić information content (AvgIpc) is 3.15. The van der Waals surface area contributed by atoms with Gasteiger partial charge in [0.1, 0.15) is 10.5 Å². The fourth-order valence-electron chi connectivity index (χ4n) is 2.37. The van der Waals surface area contributed by atoms with Crippen molar-refractivity contribution in [2.75, 3.05) is 19.0 Å². The number of nitrogens with zero attached hydrogens (tertiary/aromatic N) is 3. The molecule has 7 nitrogen and oxygen atoms in total. The third-order valence-corrected chi connectivity index (χ3v) is 6.30. The van der Waals surface area contributed by atoms with Gasteiger partial charge >= 0.3 is 5.97 Å². The fourth-order valence-corrected chi connectivity index (χ4v) is 4.59. The van der Waals surface area contributed by atoms with Crippen LogP contribution in [0, 0.1) is 0 Å². The van der Waals surface area contributed by atoms with Gasteiger partial charge in [-0.15, -0.1) is 11.3 Å². The van der Waals surface area contributed by atoms with Gasteiger partial charge in [0.05, 0.1) is 12.8 Å². The first-order chi connectivity index (χ1) is 13.9. The number of nitrogens with one attached hydrogen (secondary N) is 1. The molecule has 0 aliphatic heterocycles. The number of hydrogen-bond acceptors (Lipinski definition) is 8. The summed E-state index contributed by atoms with van der Waals surface area (Å²) >= 11 is 2.72. The Balaban J connectivity index is 1.51. The Kier molecular flexibility index (Phi) is 6.71. The zero-order valence-corrected chi connectivity index (χ0v) is 18.0. The van der Waals surface area contributed by atoms with Crippen molar-refractivity contribution >= 4 is 35.0 Å². The van der Waals surface area contributed by atoms with E-state index in [1.165, 1.54) is 23.1 Å². The van der Waals surface area contributed by atoms with Gasteiger partial charge < -0.3 is 15.2 Å². The Labute approximate surface area is 177 Å². The summed E-state index contributed by atoms with van der Waals surface area (Å²) in [5.74, 6) is 0.512. The van der Waals surface area contributed by atoms with Crippen LogP contribution in [-0.4, -0.2) is 44.4 Å². The van der Waals surface area contributed by atoms with E-state index in [0.717, 1.165) is 26.9 Å². The van der Waals surface area contributed by atoms with Gasteiger partial charge in [0, 0.05) is 36.3 Å². The number of aromatic nitrogens is 3. The summed E-state index contributed by atoms with van der Waals surface area (Å²) in [6.45, 7) is 3.99. The molecule has 2 aromatic heterocycles. The van der Waals surface area contributed by atoms with Crippen LogP contribution in [0.3, 0.4) is 0 Å². The van der Waals surface area contributed by atoms with Crippen LogP contribution in [0.25, 0.3) is 11.1 Å². The highest BCUT2D eigenvalue weighted by atomic mass is 32.2. The maximum Gasteiger partial charge on any atom is 0.319 e. The Bertz CT molecular complexity index is 957. The molecule has 3 aromatic rings. The number of carbonyl (C=O) groups is 1. The number of methoxy groups -OCH3 is 1. The first-order valence-corrected chi connectivity index (χ1v) is 10.6. The molecular weight excluding hydrogens is 408 g/mol. The Hall–Kier alpha value is -2.65. The lowest BCUT2D eigenvalue weighted by molar-refractivity contribution is -0.138. The van der Waals surface area contributed by atoms with Crippen LogP contribution in [0.1, 0.15) is 19.5 Å². The van der Waals surface area contributed by atoms with Crippen molar-refractivity contribution in [3.63, 3.8) is 0 Å². The highest BCUT2D eigenvalue weighted by molar-refractivity contribution is 8.02. The number of thioether (sulfide) groups is 1. The van der Waals surface area contributed by atoms with Crippen LogP contribution < -0.4 is 10.1 Å². The minimum atomic E-state index is -0.896. The number of thiazole rings is 1. The monoisotopic (exact) mass is 430 g/mol. The maximum atomic E-state index is 11.2. The van der Waals surface area contributed by atoms with Crippen LogP contribution in [0.5, 0.6) is 5.75 Å². The van der Waals surface area contributed by atoms with Crippen LogP contribution in [0.4, 0.5) is 5.95 Å². The minimum absolute atomic E-state index is 0.555. The molecule has 0 amide bonds. The second kappa shape index (κ2) is 9.23. The summed E-state index contributed by atoms with van der Waals surface area (Å²) in [6, 6.07) is 7.74. The van der Waals surface area contributed by atoms with E-state index in [1.807, 2.05) is 29.6 Å². The predicted octanol–water partition coefficient (Wildman–Crippen LogP) is 4.22. The topological polar surface area (TPSA) is 97.2 Å². The van der Waals surface area contributed by atoms with Crippen LogP contribution in [-0.2, 0) is 11.2 Å². The Morgan fingerprint density at radius 2 is 1.90 bits per heavy atom. The molecular formula is C20H22N4O3S2. The van der Waals surface area contributed by atoms with Crippen LogP contribution >= 0.6 is 23.1 Å². The molecule has 29 heavy (non-hydrogen) atoms. The van der Waals surface area contributed by atoms with E-state index in [4.69, 9.17) is 4.74 Å². The zero-order chi connectivity index (χ0) is 20.9. The molecule has 0 bridgehead atoms. The van der Waals surface area contributed by atoms with E-state index in [2.05, 4.69) is 20.3 Å². The summed E-state index contributed by atoms with van der Waals surface area (Å²) in [4.78, 5) is 24.5. The molecule has 0 spiro atoms. The van der Waals surface area contributed by atoms with Crippen LogP contribution in [0.15, 0.2) is 46.4 Å².